The molecule has 2 aromatic rings. The smallest absolute Gasteiger partial charge is 0.340 e. The molecule has 0 unspecified atom stereocenters. The average Bonchev–Trinajstić information content (AvgIpc) is 2.28. The Hall–Kier alpha value is -2.03. The summed E-state index contributed by atoms with van der Waals surface area (Å²) >= 11 is 0. The predicted molar refractivity (Wildman–Crippen MR) is 68.9 cm³/mol. The van der Waals surface area contributed by atoms with Crippen LogP contribution in [0.3, 0.4) is 0 Å². The zero-order valence-corrected chi connectivity index (χ0v) is 9.94. The number of nitrogens with two attached hydrogens (primary N) is 1. The zero-order chi connectivity index (χ0) is 12.4. The molecule has 0 atom stereocenters. The number of ether oxygens (including phenoxy) is 1. The highest BCUT2D eigenvalue weighted by atomic mass is 16.5. The fraction of sp³-hybridized carbons (Fsp3) is 0.214. The van der Waals surface area contributed by atoms with Crippen LogP contribution in [0, 0.1) is 0 Å². The Kier molecular flexibility index (Phi) is 3.00. The molecule has 2 rings (SSSR count). The lowest BCUT2D eigenvalue weighted by Crippen LogP contribution is -2.13. The molecule has 0 saturated heterocycles. The number of carbonyl (C=O) groups excluding carboxylic acids is 1. The topological polar surface area (TPSA) is 52.3 Å². The molecule has 2 aromatic carbocycles. The molecule has 3 heteroatoms. The lowest BCUT2D eigenvalue weighted by Gasteiger charge is -2.11. The van der Waals surface area contributed by atoms with Gasteiger partial charge in [0.25, 0.3) is 0 Å². The third-order valence-corrected chi connectivity index (χ3v) is 2.53. The molecule has 3 nitrogen and oxygen atoms in total. The molecule has 17 heavy (non-hydrogen) atoms. The molecular formula is C14H15NO2. The van der Waals surface area contributed by atoms with Gasteiger partial charge in [-0.05, 0) is 25.3 Å². The summed E-state index contributed by atoms with van der Waals surface area (Å²) in [5, 5.41) is 1.90. The van der Waals surface area contributed by atoms with Crippen molar-refractivity contribution in [2.75, 3.05) is 5.73 Å². The number of benzene rings is 2. The summed E-state index contributed by atoms with van der Waals surface area (Å²) in [4.78, 5) is 11.8. The van der Waals surface area contributed by atoms with Gasteiger partial charge in [-0.3, -0.25) is 0 Å². The first kappa shape index (κ1) is 11.5. The number of nitrogen functional groups attached to an aromatic ring is 1. The van der Waals surface area contributed by atoms with Crippen LogP contribution >= 0.6 is 0 Å². The number of rotatable bonds is 2. The van der Waals surface area contributed by atoms with Gasteiger partial charge in [0.15, 0.2) is 0 Å². The Morgan fingerprint density at radius 1 is 1.18 bits per heavy atom. The maximum absolute atomic E-state index is 11.8. The highest BCUT2D eigenvalue weighted by Crippen LogP contribution is 2.25. The fourth-order valence-electron chi connectivity index (χ4n) is 1.75. The second kappa shape index (κ2) is 4.45. The van der Waals surface area contributed by atoms with Gasteiger partial charge in [-0.1, -0.05) is 30.3 Å². The Balaban J connectivity index is 2.49. The Morgan fingerprint density at radius 3 is 2.59 bits per heavy atom. The lowest BCUT2D eigenvalue weighted by molar-refractivity contribution is 0.0379. The van der Waals surface area contributed by atoms with Gasteiger partial charge in [0.05, 0.1) is 17.4 Å². The highest BCUT2D eigenvalue weighted by molar-refractivity contribution is 6.05. The van der Waals surface area contributed by atoms with Crippen molar-refractivity contribution in [3.8, 4) is 0 Å². The van der Waals surface area contributed by atoms with E-state index in [-0.39, 0.29) is 12.1 Å². The average molecular weight is 229 g/mol. The van der Waals surface area contributed by atoms with Gasteiger partial charge in [-0.15, -0.1) is 0 Å². The first-order valence-electron chi connectivity index (χ1n) is 5.58. The normalized spacial score (nSPS) is 10.8. The Morgan fingerprint density at radius 2 is 1.88 bits per heavy atom. The number of hydrogen-bond acceptors (Lipinski definition) is 3. The summed E-state index contributed by atoms with van der Waals surface area (Å²) in [6.45, 7) is 3.63. The first-order valence-corrected chi connectivity index (χ1v) is 5.58. The van der Waals surface area contributed by atoms with E-state index in [0.717, 1.165) is 10.8 Å². The maximum Gasteiger partial charge on any atom is 0.340 e. The molecule has 0 bridgehead atoms. The van der Waals surface area contributed by atoms with Crippen molar-refractivity contribution in [2.45, 2.75) is 20.0 Å². The summed E-state index contributed by atoms with van der Waals surface area (Å²) in [6.07, 6.45) is -0.145. The largest absolute Gasteiger partial charge is 0.459 e. The van der Waals surface area contributed by atoms with Gasteiger partial charge in [-0.25, -0.2) is 4.79 Å². The molecule has 0 amide bonds. The van der Waals surface area contributed by atoms with Crippen molar-refractivity contribution < 1.29 is 9.53 Å². The van der Waals surface area contributed by atoms with E-state index in [1.165, 1.54) is 0 Å². The summed E-state index contributed by atoms with van der Waals surface area (Å²) < 4.78 is 5.15. The summed E-state index contributed by atoms with van der Waals surface area (Å²) in [6, 6.07) is 11.3. The maximum atomic E-state index is 11.8. The van der Waals surface area contributed by atoms with Crippen molar-refractivity contribution in [1.29, 1.82) is 0 Å². The molecule has 0 aliphatic heterocycles. The molecule has 0 saturated carbocycles. The van der Waals surface area contributed by atoms with E-state index in [0.29, 0.717) is 11.3 Å². The second-order valence-electron chi connectivity index (χ2n) is 4.20. The van der Waals surface area contributed by atoms with Crippen LogP contribution in [0.5, 0.6) is 0 Å². The zero-order valence-electron chi connectivity index (χ0n) is 9.94. The first-order chi connectivity index (χ1) is 8.09. The molecule has 0 aliphatic carbocycles. The number of anilines is 1. The monoisotopic (exact) mass is 229 g/mol. The van der Waals surface area contributed by atoms with E-state index in [1.54, 1.807) is 6.07 Å². The quantitative estimate of drug-likeness (QED) is 0.636. The van der Waals surface area contributed by atoms with Crippen molar-refractivity contribution in [3.05, 3.63) is 42.0 Å². The molecular weight excluding hydrogens is 214 g/mol. The molecule has 0 aliphatic rings. The third kappa shape index (κ3) is 2.23. The van der Waals surface area contributed by atoms with Gasteiger partial charge in [0, 0.05) is 5.39 Å². The SMILES string of the molecule is CC(C)OC(=O)c1ccc2ccccc2c1N. The molecule has 0 fully saturated rings. The Bertz CT molecular complexity index is 561. The van der Waals surface area contributed by atoms with E-state index in [1.807, 2.05) is 44.2 Å². The van der Waals surface area contributed by atoms with Gasteiger partial charge >= 0.3 is 5.97 Å². The minimum atomic E-state index is -0.372. The van der Waals surface area contributed by atoms with E-state index in [4.69, 9.17) is 10.5 Å². The van der Waals surface area contributed by atoms with Gasteiger partial charge in [0.2, 0.25) is 0 Å². The number of fused-ring (bicyclic) bond motifs is 1. The minimum absolute atomic E-state index is 0.145. The molecule has 0 heterocycles. The highest BCUT2D eigenvalue weighted by Gasteiger charge is 2.14. The van der Waals surface area contributed by atoms with Crippen LogP contribution in [0.4, 0.5) is 5.69 Å². The van der Waals surface area contributed by atoms with Crippen LogP contribution in [-0.2, 0) is 4.74 Å². The van der Waals surface area contributed by atoms with Crippen molar-refractivity contribution in [3.63, 3.8) is 0 Å². The molecule has 0 spiro atoms. The van der Waals surface area contributed by atoms with Gasteiger partial charge in [0.1, 0.15) is 0 Å². The van der Waals surface area contributed by atoms with Gasteiger partial charge in [-0.2, -0.15) is 0 Å². The summed E-state index contributed by atoms with van der Waals surface area (Å²) in [5.74, 6) is -0.372. The van der Waals surface area contributed by atoms with Crippen LogP contribution in [0.1, 0.15) is 24.2 Å². The second-order valence-corrected chi connectivity index (χ2v) is 4.20. The van der Waals surface area contributed by atoms with E-state index in [9.17, 15) is 4.79 Å². The van der Waals surface area contributed by atoms with E-state index < -0.39 is 0 Å². The lowest BCUT2D eigenvalue weighted by atomic mass is 10.0. The van der Waals surface area contributed by atoms with Gasteiger partial charge < -0.3 is 10.5 Å². The molecule has 0 aromatic heterocycles. The van der Waals surface area contributed by atoms with Crippen LogP contribution in [-0.4, -0.2) is 12.1 Å². The van der Waals surface area contributed by atoms with Crippen LogP contribution in [0.2, 0.25) is 0 Å². The Labute approximate surface area is 100 Å². The summed E-state index contributed by atoms with van der Waals surface area (Å²) in [7, 11) is 0. The third-order valence-electron chi connectivity index (χ3n) is 2.53. The number of esters is 1. The minimum Gasteiger partial charge on any atom is -0.459 e. The standard InChI is InChI=1S/C14H15NO2/c1-9(2)17-14(16)12-8-7-10-5-3-4-6-11(10)13(12)15/h3-9H,15H2,1-2H3. The number of hydrogen-bond donors (Lipinski definition) is 1. The summed E-state index contributed by atoms with van der Waals surface area (Å²) in [5.41, 5.74) is 6.90. The van der Waals surface area contributed by atoms with Crippen molar-refractivity contribution >= 4 is 22.4 Å². The van der Waals surface area contributed by atoms with Crippen LogP contribution in [0.25, 0.3) is 10.8 Å². The van der Waals surface area contributed by atoms with Crippen molar-refractivity contribution in [1.82, 2.24) is 0 Å². The molecule has 88 valence electrons. The van der Waals surface area contributed by atoms with E-state index in [2.05, 4.69) is 0 Å². The molecule has 2 N–H and O–H groups in total. The molecule has 0 radical (unpaired) electrons. The predicted octanol–water partition coefficient (Wildman–Crippen LogP) is 2.99. The fourth-order valence-corrected chi connectivity index (χ4v) is 1.75. The number of carbonyl (C=O) groups is 1. The van der Waals surface area contributed by atoms with E-state index >= 15 is 0 Å². The van der Waals surface area contributed by atoms with Crippen LogP contribution < -0.4 is 5.73 Å². The van der Waals surface area contributed by atoms with Crippen LogP contribution in [0.15, 0.2) is 36.4 Å². The van der Waals surface area contributed by atoms with Crippen molar-refractivity contribution in [2.24, 2.45) is 0 Å².